The molecule has 0 aliphatic heterocycles. The number of thioether (sulfide) groups is 1. The minimum atomic E-state index is -3.45. The average Bonchev–Trinajstić information content (AvgIpc) is 2.37. The van der Waals surface area contributed by atoms with Crippen molar-refractivity contribution < 1.29 is 13.3 Å². The monoisotopic (exact) mass is 318 g/mol. The molecule has 20 heavy (non-hydrogen) atoms. The van der Waals surface area contributed by atoms with E-state index in [-0.39, 0.29) is 10.6 Å². The van der Waals surface area contributed by atoms with Gasteiger partial charge in [0.05, 0.1) is 9.82 Å². The van der Waals surface area contributed by atoms with Gasteiger partial charge in [-0.3, -0.25) is 10.1 Å². The number of nitro groups is 1. The summed E-state index contributed by atoms with van der Waals surface area (Å²) in [6.07, 6.45) is 3.90. The Balaban J connectivity index is 2.94. The van der Waals surface area contributed by atoms with Gasteiger partial charge in [-0.1, -0.05) is 6.92 Å². The maximum atomic E-state index is 11.4. The number of hydrogen-bond acceptors (Lipinski definition) is 6. The highest BCUT2D eigenvalue weighted by Gasteiger charge is 2.18. The zero-order valence-corrected chi connectivity index (χ0v) is 13.3. The smallest absolute Gasteiger partial charge is 0.293 e. The Kier molecular flexibility index (Phi) is 5.82. The number of hydrogen-bond donors (Lipinski definition) is 1. The molecule has 0 heterocycles. The van der Waals surface area contributed by atoms with Gasteiger partial charge in [-0.25, -0.2) is 8.42 Å². The van der Waals surface area contributed by atoms with Crippen molar-refractivity contribution in [2.24, 2.45) is 0 Å². The second-order valence-corrected chi connectivity index (χ2v) is 7.76. The van der Waals surface area contributed by atoms with Crippen LogP contribution in [0.15, 0.2) is 23.1 Å². The predicted molar refractivity (Wildman–Crippen MR) is 82.3 cm³/mol. The quantitative estimate of drug-likeness (QED) is 0.614. The van der Waals surface area contributed by atoms with Crippen LogP contribution >= 0.6 is 11.8 Å². The molecule has 1 rings (SSSR count). The lowest BCUT2D eigenvalue weighted by atomic mass is 10.2. The third-order valence-corrected chi connectivity index (χ3v) is 5.01. The van der Waals surface area contributed by atoms with Gasteiger partial charge in [-0.05, 0) is 24.8 Å². The molecule has 0 bridgehead atoms. The van der Waals surface area contributed by atoms with Crippen LogP contribution in [0.1, 0.15) is 13.3 Å². The number of nitro benzene ring substituents is 1. The van der Waals surface area contributed by atoms with Gasteiger partial charge in [0.1, 0.15) is 5.69 Å². The van der Waals surface area contributed by atoms with Gasteiger partial charge in [0.15, 0.2) is 9.84 Å². The summed E-state index contributed by atoms with van der Waals surface area (Å²) in [6, 6.07) is 3.91. The first kappa shape index (κ1) is 16.8. The van der Waals surface area contributed by atoms with Crippen LogP contribution in [0.25, 0.3) is 0 Å². The highest BCUT2D eigenvalue weighted by molar-refractivity contribution is 7.99. The van der Waals surface area contributed by atoms with E-state index in [2.05, 4.69) is 12.2 Å². The SMILES string of the molecule is CSC(C)CCNc1ccc(S(C)(=O)=O)cc1[N+](=O)[O-]. The summed E-state index contributed by atoms with van der Waals surface area (Å²) in [5.41, 5.74) is 0.125. The Bertz CT molecular complexity index is 587. The first-order chi connectivity index (χ1) is 9.25. The molecule has 1 aromatic carbocycles. The van der Waals surface area contributed by atoms with E-state index in [1.165, 1.54) is 12.1 Å². The first-order valence-electron chi connectivity index (χ1n) is 6.01. The molecule has 1 aromatic rings. The van der Waals surface area contributed by atoms with E-state index in [0.29, 0.717) is 17.5 Å². The van der Waals surface area contributed by atoms with Gasteiger partial charge < -0.3 is 5.32 Å². The molecule has 0 aromatic heterocycles. The zero-order valence-electron chi connectivity index (χ0n) is 11.6. The number of anilines is 1. The van der Waals surface area contributed by atoms with Gasteiger partial charge in [0, 0.05) is 24.1 Å². The maximum Gasteiger partial charge on any atom is 0.293 e. The summed E-state index contributed by atoms with van der Waals surface area (Å²) in [5.74, 6) is 0. The Morgan fingerprint density at radius 1 is 1.45 bits per heavy atom. The largest absolute Gasteiger partial charge is 0.379 e. The van der Waals surface area contributed by atoms with Gasteiger partial charge >= 0.3 is 0 Å². The molecule has 0 saturated heterocycles. The third kappa shape index (κ3) is 4.68. The molecular formula is C12H18N2O4S2. The van der Waals surface area contributed by atoms with E-state index in [1.54, 1.807) is 11.8 Å². The van der Waals surface area contributed by atoms with Gasteiger partial charge in [-0.15, -0.1) is 0 Å². The molecule has 1 unspecified atom stereocenters. The Labute approximate surface area is 123 Å². The van der Waals surface area contributed by atoms with E-state index in [9.17, 15) is 18.5 Å². The highest BCUT2D eigenvalue weighted by atomic mass is 32.2. The lowest BCUT2D eigenvalue weighted by Gasteiger charge is -2.11. The van der Waals surface area contributed by atoms with Crippen molar-refractivity contribution in [1.82, 2.24) is 0 Å². The zero-order chi connectivity index (χ0) is 15.3. The Morgan fingerprint density at radius 3 is 2.60 bits per heavy atom. The van der Waals surface area contributed by atoms with Crippen LogP contribution in [0.2, 0.25) is 0 Å². The van der Waals surface area contributed by atoms with Gasteiger partial charge in [0.25, 0.3) is 5.69 Å². The fraction of sp³-hybridized carbons (Fsp3) is 0.500. The van der Waals surface area contributed by atoms with Crippen LogP contribution in [-0.4, -0.2) is 37.6 Å². The van der Waals surface area contributed by atoms with Gasteiger partial charge in [-0.2, -0.15) is 11.8 Å². The van der Waals surface area contributed by atoms with Crippen molar-refractivity contribution in [2.45, 2.75) is 23.5 Å². The summed E-state index contributed by atoms with van der Waals surface area (Å²) in [5, 5.41) is 14.5. The second kappa shape index (κ2) is 6.94. The molecule has 6 nitrogen and oxygen atoms in total. The van der Waals surface area contributed by atoms with Crippen molar-refractivity contribution in [3.63, 3.8) is 0 Å². The highest BCUT2D eigenvalue weighted by Crippen LogP contribution is 2.27. The standard InChI is InChI=1S/C12H18N2O4S2/c1-9(19-2)6-7-13-11-5-4-10(20(3,17)18)8-12(11)14(15)16/h4-5,8-9,13H,6-7H2,1-3H3. The number of benzene rings is 1. The normalized spacial score (nSPS) is 12.9. The van der Waals surface area contributed by atoms with Crippen LogP contribution in [0.4, 0.5) is 11.4 Å². The predicted octanol–water partition coefficient (Wildman–Crippen LogP) is 2.55. The lowest BCUT2D eigenvalue weighted by Crippen LogP contribution is -2.09. The van der Waals surface area contributed by atoms with Crippen LogP contribution in [0.3, 0.4) is 0 Å². The van der Waals surface area contributed by atoms with Crippen molar-refractivity contribution >= 4 is 33.0 Å². The van der Waals surface area contributed by atoms with E-state index in [0.717, 1.165) is 18.7 Å². The van der Waals surface area contributed by atoms with Crippen LogP contribution in [-0.2, 0) is 9.84 Å². The number of nitrogens with zero attached hydrogens (tertiary/aromatic N) is 1. The van der Waals surface area contributed by atoms with Gasteiger partial charge in [0.2, 0.25) is 0 Å². The fourth-order valence-corrected chi connectivity index (χ4v) is 2.57. The summed E-state index contributed by atoms with van der Waals surface area (Å²) in [4.78, 5) is 10.4. The molecule has 0 amide bonds. The third-order valence-electron chi connectivity index (χ3n) is 2.86. The van der Waals surface area contributed by atoms with E-state index in [4.69, 9.17) is 0 Å². The molecule has 0 saturated carbocycles. The summed E-state index contributed by atoms with van der Waals surface area (Å²) >= 11 is 1.72. The lowest BCUT2D eigenvalue weighted by molar-refractivity contribution is -0.384. The summed E-state index contributed by atoms with van der Waals surface area (Å²) in [6.45, 7) is 2.68. The first-order valence-corrected chi connectivity index (χ1v) is 9.18. The van der Waals surface area contributed by atoms with E-state index in [1.807, 2.05) is 6.26 Å². The Morgan fingerprint density at radius 2 is 2.10 bits per heavy atom. The molecule has 0 fully saturated rings. The van der Waals surface area contributed by atoms with Crippen LogP contribution in [0.5, 0.6) is 0 Å². The average molecular weight is 318 g/mol. The van der Waals surface area contributed by atoms with Crippen molar-refractivity contribution in [3.8, 4) is 0 Å². The van der Waals surface area contributed by atoms with E-state index < -0.39 is 14.8 Å². The maximum absolute atomic E-state index is 11.4. The van der Waals surface area contributed by atoms with Crippen molar-refractivity contribution in [2.75, 3.05) is 24.4 Å². The number of nitrogens with one attached hydrogen (secondary N) is 1. The van der Waals surface area contributed by atoms with Crippen LogP contribution < -0.4 is 5.32 Å². The number of sulfone groups is 1. The molecule has 0 aliphatic rings. The number of rotatable bonds is 7. The molecule has 1 N–H and O–H groups in total. The van der Waals surface area contributed by atoms with E-state index >= 15 is 0 Å². The molecule has 1 atom stereocenters. The molecule has 0 spiro atoms. The molecular weight excluding hydrogens is 300 g/mol. The molecule has 0 radical (unpaired) electrons. The fourth-order valence-electron chi connectivity index (χ4n) is 1.57. The Hall–Kier alpha value is -1.28. The topological polar surface area (TPSA) is 89.3 Å². The molecule has 0 aliphatic carbocycles. The van der Waals surface area contributed by atoms with Crippen molar-refractivity contribution in [3.05, 3.63) is 28.3 Å². The summed E-state index contributed by atoms with van der Waals surface area (Å²) in [7, 11) is -3.45. The molecule has 112 valence electrons. The minimum Gasteiger partial charge on any atom is -0.379 e. The van der Waals surface area contributed by atoms with Crippen LogP contribution in [0, 0.1) is 10.1 Å². The minimum absolute atomic E-state index is 0.0489. The van der Waals surface area contributed by atoms with Crippen molar-refractivity contribution in [1.29, 1.82) is 0 Å². The second-order valence-electron chi connectivity index (χ2n) is 4.47. The molecule has 8 heteroatoms. The summed E-state index contributed by atoms with van der Waals surface area (Å²) < 4.78 is 22.8.